The minimum atomic E-state index is -0.468. The lowest BCUT2D eigenvalue weighted by Gasteiger charge is -2.10. The quantitative estimate of drug-likeness (QED) is 0.440. The predicted octanol–water partition coefficient (Wildman–Crippen LogP) is 3.83. The third-order valence-electron chi connectivity index (χ3n) is 4.01. The number of aromatic nitrogens is 2. The molecule has 0 aliphatic carbocycles. The molecule has 9 heteroatoms. The minimum Gasteiger partial charge on any atom is -0.382 e. The SMILES string of the molecule is Nc1cnc(NC(=O)Nc2ccc(CCNCc3cccc(F)c3)c(Cl)c2)cn1. The number of halogens is 2. The summed E-state index contributed by atoms with van der Waals surface area (Å²) in [5.74, 6) is 0.301. The zero-order valence-electron chi connectivity index (χ0n) is 15.5. The molecule has 5 N–H and O–H groups in total. The summed E-state index contributed by atoms with van der Waals surface area (Å²) in [7, 11) is 0. The second-order valence-electron chi connectivity index (χ2n) is 6.27. The van der Waals surface area contributed by atoms with Gasteiger partial charge in [-0.1, -0.05) is 29.8 Å². The van der Waals surface area contributed by atoms with Crippen LogP contribution in [0.15, 0.2) is 54.9 Å². The standard InChI is InChI=1S/C20H20ClFN6O/c21-17-9-16(27-20(29)28-19-12-25-18(23)11-26-19)5-4-14(17)6-7-24-10-13-2-1-3-15(22)8-13/h1-5,8-9,11-12,24H,6-7,10H2,(H2,23,25)(H2,26,27,28,29). The maximum Gasteiger partial charge on any atom is 0.324 e. The van der Waals surface area contributed by atoms with Crippen LogP contribution < -0.4 is 21.7 Å². The van der Waals surface area contributed by atoms with E-state index in [1.165, 1.54) is 24.5 Å². The summed E-state index contributed by atoms with van der Waals surface area (Å²) >= 11 is 6.32. The van der Waals surface area contributed by atoms with Gasteiger partial charge in [0.25, 0.3) is 0 Å². The minimum absolute atomic E-state index is 0.247. The Hall–Kier alpha value is -3.23. The smallest absolute Gasteiger partial charge is 0.324 e. The number of nitrogens with two attached hydrogens (primary N) is 1. The van der Waals surface area contributed by atoms with Crippen LogP contribution in [-0.4, -0.2) is 22.5 Å². The van der Waals surface area contributed by atoms with E-state index in [0.29, 0.717) is 30.2 Å². The molecule has 3 aromatic rings. The summed E-state index contributed by atoms with van der Waals surface area (Å²) in [5.41, 5.74) is 7.82. The van der Waals surface area contributed by atoms with Crippen molar-refractivity contribution in [3.8, 4) is 0 Å². The molecule has 0 fully saturated rings. The fourth-order valence-corrected chi connectivity index (χ4v) is 2.89. The van der Waals surface area contributed by atoms with Gasteiger partial charge < -0.3 is 16.4 Å². The molecule has 0 aliphatic heterocycles. The average Bonchev–Trinajstić information content (AvgIpc) is 2.68. The van der Waals surface area contributed by atoms with Gasteiger partial charge in [-0.05, 0) is 48.4 Å². The third kappa shape index (κ3) is 6.41. The van der Waals surface area contributed by atoms with E-state index in [9.17, 15) is 9.18 Å². The lowest BCUT2D eigenvalue weighted by atomic mass is 10.1. The van der Waals surface area contributed by atoms with E-state index in [1.807, 2.05) is 12.1 Å². The summed E-state index contributed by atoms with van der Waals surface area (Å²) in [6.45, 7) is 1.25. The number of hydrogen-bond acceptors (Lipinski definition) is 5. The molecule has 0 aliphatic rings. The summed E-state index contributed by atoms with van der Waals surface area (Å²) < 4.78 is 13.2. The second kappa shape index (κ2) is 9.81. The monoisotopic (exact) mass is 414 g/mol. The highest BCUT2D eigenvalue weighted by molar-refractivity contribution is 6.31. The summed E-state index contributed by atoms with van der Waals surface area (Å²) in [4.78, 5) is 19.8. The fraction of sp³-hybridized carbons (Fsp3) is 0.150. The molecule has 1 aromatic heterocycles. The van der Waals surface area contributed by atoms with Crippen LogP contribution in [0, 0.1) is 5.82 Å². The Kier molecular flexibility index (Phi) is 6.94. The molecular formula is C20H20ClFN6O. The first-order chi connectivity index (χ1) is 14.0. The first kappa shape index (κ1) is 20.5. The fourth-order valence-electron chi connectivity index (χ4n) is 2.61. The van der Waals surface area contributed by atoms with Crippen LogP contribution in [0.2, 0.25) is 5.02 Å². The molecular weight excluding hydrogens is 395 g/mol. The van der Waals surface area contributed by atoms with Crippen LogP contribution in [0.1, 0.15) is 11.1 Å². The molecule has 0 unspecified atom stereocenters. The number of rotatable bonds is 7. The van der Waals surface area contributed by atoms with Crippen molar-refractivity contribution >= 4 is 35.0 Å². The van der Waals surface area contributed by atoms with Crippen molar-refractivity contribution in [2.45, 2.75) is 13.0 Å². The van der Waals surface area contributed by atoms with Crippen molar-refractivity contribution in [3.05, 3.63) is 76.8 Å². The van der Waals surface area contributed by atoms with Gasteiger partial charge in [0.2, 0.25) is 0 Å². The molecule has 0 bridgehead atoms. The van der Waals surface area contributed by atoms with Crippen molar-refractivity contribution in [3.63, 3.8) is 0 Å². The van der Waals surface area contributed by atoms with Gasteiger partial charge in [-0.15, -0.1) is 0 Å². The molecule has 0 spiro atoms. The van der Waals surface area contributed by atoms with Crippen LogP contribution >= 0.6 is 11.6 Å². The number of nitrogens with zero attached hydrogens (tertiary/aromatic N) is 2. The van der Waals surface area contributed by atoms with E-state index in [-0.39, 0.29) is 17.5 Å². The molecule has 3 rings (SSSR count). The number of hydrogen-bond donors (Lipinski definition) is 4. The maximum absolute atomic E-state index is 13.2. The first-order valence-electron chi connectivity index (χ1n) is 8.89. The molecule has 2 amide bonds. The Morgan fingerprint density at radius 3 is 2.69 bits per heavy atom. The third-order valence-corrected chi connectivity index (χ3v) is 4.37. The summed E-state index contributed by atoms with van der Waals surface area (Å²) in [6, 6.07) is 11.3. The van der Waals surface area contributed by atoms with Crippen LogP contribution in [0.5, 0.6) is 0 Å². The topological polar surface area (TPSA) is 105 Å². The number of anilines is 3. The van der Waals surface area contributed by atoms with Gasteiger partial charge in [-0.3, -0.25) is 5.32 Å². The predicted molar refractivity (Wildman–Crippen MR) is 112 cm³/mol. The molecule has 2 aromatic carbocycles. The van der Waals surface area contributed by atoms with Crippen LogP contribution in [0.4, 0.5) is 26.5 Å². The van der Waals surface area contributed by atoms with Gasteiger partial charge in [-0.25, -0.2) is 19.2 Å². The van der Waals surface area contributed by atoms with E-state index >= 15 is 0 Å². The van der Waals surface area contributed by atoms with Crippen molar-refractivity contribution < 1.29 is 9.18 Å². The van der Waals surface area contributed by atoms with Crippen molar-refractivity contribution in [1.29, 1.82) is 0 Å². The Balaban J connectivity index is 1.47. The van der Waals surface area contributed by atoms with Gasteiger partial charge >= 0.3 is 6.03 Å². The van der Waals surface area contributed by atoms with Crippen molar-refractivity contribution in [2.75, 3.05) is 22.9 Å². The van der Waals surface area contributed by atoms with Gasteiger partial charge in [0.15, 0.2) is 5.82 Å². The van der Waals surface area contributed by atoms with Crippen LogP contribution in [-0.2, 0) is 13.0 Å². The first-order valence-corrected chi connectivity index (χ1v) is 9.26. The van der Waals surface area contributed by atoms with Crippen LogP contribution in [0.3, 0.4) is 0 Å². The van der Waals surface area contributed by atoms with E-state index in [1.54, 1.807) is 18.2 Å². The molecule has 29 heavy (non-hydrogen) atoms. The summed E-state index contributed by atoms with van der Waals surface area (Å²) in [5, 5.41) is 9.04. The Bertz CT molecular complexity index is 983. The van der Waals surface area contributed by atoms with E-state index < -0.39 is 6.03 Å². The molecule has 0 atom stereocenters. The molecule has 0 saturated heterocycles. The zero-order valence-corrected chi connectivity index (χ0v) is 16.2. The molecule has 150 valence electrons. The lowest BCUT2D eigenvalue weighted by Crippen LogP contribution is -2.20. The number of nitrogens with one attached hydrogen (secondary N) is 3. The largest absolute Gasteiger partial charge is 0.382 e. The van der Waals surface area contributed by atoms with Crippen molar-refractivity contribution in [2.24, 2.45) is 0 Å². The normalized spacial score (nSPS) is 10.6. The van der Waals surface area contributed by atoms with Gasteiger partial charge in [0.05, 0.1) is 12.4 Å². The van der Waals surface area contributed by atoms with E-state index in [0.717, 1.165) is 11.1 Å². The van der Waals surface area contributed by atoms with E-state index in [4.69, 9.17) is 17.3 Å². The average molecular weight is 415 g/mol. The molecule has 0 saturated carbocycles. The highest BCUT2D eigenvalue weighted by atomic mass is 35.5. The second-order valence-corrected chi connectivity index (χ2v) is 6.68. The lowest BCUT2D eigenvalue weighted by molar-refractivity contribution is 0.262. The molecule has 1 heterocycles. The van der Waals surface area contributed by atoms with Gasteiger partial charge in [-0.2, -0.15) is 0 Å². The summed E-state index contributed by atoms with van der Waals surface area (Å²) in [6.07, 6.45) is 3.41. The number of nitrogen functional groups attached to an aromatic ring is 1. The number of carbonyl (C=O) groups excluding carboxylic acids is 1. The number of carbonyl (C=O) groups is 1. The van der Waals surface area contributed by atoms with E-state index in [2.05, 4.69) is 25.9 Å². The Morgan fingerprint density at radius 2 is 1.97 bits per heavy atom. The number of urea groups is 1. The number of benzene rings is 2. The zero-order chi connectivity index (χ0) is 20.6. The molecule has 0 radical (unpaired) electrons. The molecule has 7 nitrogen and oxygen atoms in total. The Labute approximate surface area is 172 Å². The van der Waals surface area contributed by atoms with Gasteiger partial charge in [0, 0.05) is 17.3 Å². The highest BCUT2D eigenvalue weighted by Gasteiger charge is 2.07. The maximum atomic E-state index is 13.2. The van der Waals surface area contributed by atoms with Crippen LogP contribution in [0.25, 0.3) is 0 Å². The van der Waals surface area contributed by atoms with Gasteiger partial charge in [0.1, 0.15) is 11.6 Å². The van der Waals surface area contributed by atoms with Crippen molar-refractivity contribution in [1.82, 2.24) is 15.3 Å². The Morgan fingerprint density at radius 1 is 1.10 bits per heavy atom. The highest BCUT2D eigenvalue weighted by Crippen LogP contribution is 2.21. The number of amides is 2.